The number of carbonyl (C=O) groups is 4. The van der Waals surface area contributed by atoms with E-state index in [1.165, 1.54) is 11.3 Å². The number of rotatable bonds is 7. The SMILES string of the molecule is C=C(NC(=O)c1csc(N2CCC[C@@H](NC(=O)OC(C)(C)C)C2)n1)C(=O)NC(=C)C(=O)OC. The van der Waals surface area contributed by atoms with E-state index in [9.17, 15) is 19.2 Å². The maximum absolute atomic E-state index is 12.5. The molecule has 0 bridgehead atoms. The van der Waals surface area contributed by atoms with Crippen LogP contribution in [0.25, 0.3) is 0 Å². The van der Waals surface area contributed by atoms with Crippen LogP contribution in [0.2, 0.25) is 0 Å². The van der Waals surface area contributed by atoms with Crippen LogP contribution >= 0.6 is 11.3 Å². The zero-order valence-electron chi connectivity index (χ0n) is 19.1. The molecule has 1 aromatic heterocycles. The molecule has 1 aliphatic rings. The monoisotopic (exact) mass is 479 g/mol. The van der Waals surface area contributed by atoms with E-state index in [0.717, 1.165) is 26.5 Å². The number of esters is 1. The van der Waals surface area contributed by atoms with Gasteiger partial charge in [0.2, 0.25) is 0 Å². The second-order valence-corrected chi connectivity index (χ2v) is 9.14. The lowest BCUT2D eigenvalue weighted by atomic mass is 10.1. The van der Waals surface area contributed by atoms with Gasteiger partial charge in [0.1, 0.15) is 17.0 Å². The number of aromatic nitrogens is 1. The number of methoxy groups -OCH3 is 1. The van der Waals surface area contributed by atoms with E-state index in [0.29, 0.717) is 11.7 Å². The standard InChI is InChI=1S/C21H29N5O6S/c1-12(16(27)23-13(2)18(29)31-6)22-17(28)15-11-33-19(25-15)26-9-7-8-14(10-26)24-20(30)32-21(3,4)5/h11,14H,1-2,7-10H2,3-6H3,(H,22,28)(H,23,27)(H,24,30)/t14-/m1/s1. The number of amides is 3. The van der Waals surface area contributed by atoms with Gasteiger partial charge < -0.3 is 30.3 Å². The number of hydrogen-bond donors (Lipinski definition) is 3. The first-order valence-electron chi connectivity index (χ1n) is 10.2. The summed E-state index contributed by atoms with van der Waals surface area (Å²) in [5.41, 5.74) is -1.03. The van der Waals surface area contributed by atoms with Crippen molar-refractivity contribution in [2.45, 2.75) is 45.3 Å². The molecule has 1 fully saturated rings. The molecule has 1 aromatic rings. The van der Waals surface area contributed by atoms with E-state index >= 15 is 0 Å². The topological polar surface area (TPSA) is 139 Å². The van der Waals surface area contributed by atoms with Crippen LogP contribution in [0.15, 0.2) is 29.9 Å². The van der Waals surface area contributed by atoms with Crippen molar-refractivity contribution >= 4 is 40.3 Å². The van der Waals surface area contributed by atoms with E-state index < -0.39 is 29.5 Å². The zero-order chi connectivity index (χ0) is 24.8. The molecule has 1 atom stereocenters. The van der Waals surface area contributed by atoms with Gasteiger partial charge in [-0.05, 0) is 33.6 Å². The Morgan fingerprint density at radius 1 is 1.18 bits per heavy atom. The van der Waals surface area contributed by atoms with Crippen molar-refractivity contribution in [1.29, 1.82) is 0 Å². The molecule has 1 aliphatic heterocycles. The van der Waals surface area contributed by atoms with Gasteiger partial charge >= 0.3 is 12.1 Å². The van der Waals surface area contributed by atoms with Crippen molar-refractivity contribution in [2.24, 2.45) is 0 Å². The minimum Gasteiger partial charge on any atom is -0.464 e. The summed E-state index contributed by atoms with van der Waals surface area (Å²) < 4.78 is 9.75. The zero-order valence-corrected chi connectivity index (χ0v) is 20.0. The fourth-order valence-electron chi connectivity index (χ4n) is 2.90. The summed E-state index contributed by atoms with van der Waals surface area (Å²) in [4.78, 5) is 54.2. The summed E-state index contributed by atoms with van der Waals surface area (Å²) >= 11 is 1.27. The average Bonchev–Trinajstić information content (AvgIpc) is 3.22. The number of carbonyl (C=O) groups excluding carboxylic acids is 4. The largest absolute Gasteiger partial charge is 0.464 e. The molecule has 0 spiro atoms. The lowest BCUT2D eigenvalue weighted by molar-refractivity contribution is -0.137. The Morgan fingerprint density at radius 2 is 1.88 bits per heavy atom. The maximum Gasteiger partial charge on any atom is 0.407 e. The molecule has 0 unspecified atom stereocenters. The van der Waals surface area contributed by atoms with Crippen LogP contribution in [0.1, 0.15) is 44.1 Å². The van der Waals surface area contributed by atoms with Crippen molar-refractivity contribution < 1.29 is 28.7 Å². The summed E-state index contributed by atoms with van der Waals surface area (Å²) in [5, 5.41) is 9.58. The van der Waals surface area contributed by atoms with Crippen LogP contribution in [-0.2, 0) is 19.1 Å². The fraction of sp³-hybridized carbons (Fsp3) is 0.476. The Morgan fingerprint density at radius 3 is 2.52 bits per heavy atom. The third-order valence-electron chi connectivity index (χ3n) is 4.37. The Labute approximate surface area is 196 Å². The minimum absolute atomic E-state index is 0.109. The van der Waals surface area contributed by atoms with E-state index in [4.69, 9.17) is 4.74 Å². The van der Waals surface area contributed by atoms with Gasteiger partial charge in [-0.1, -0.05) is 13.2 Å². The van der Waals surface area contributed by atoms with Crippen molar-refractivity contribution in [2.75, 3.05) is 25.1 Å². The van der Waals surface area contributed by atoms with Gasteiger partial charge in [-0.15, -0.1) is 11.3 Å². The molecule has 2 rings (SSSR count). The number of alkyl carbamates (subject to hydrolysis) is 1. The summed E-state index contributed by atoms with van der Waals surface area (Å²) in [6.07, 6.45) is 1.17. The van der Waals surface area contributed by atoms with Gasteiger partial charge in [-0.25, -0.2) is 14.6 Å². The van der Waals surface area contributed by atoms with Gasteiger partial charge in [0.15, 0.2) is 5.13 Å². The molecule has 11 nitrogen and oxygen atoms in total. The van der Waals surface area contributed by atoms with Gasteiger partial charge in [-0.2, -0.15) is 0 Å². The van der Waals surface area contributed by atoms with E-state index in [-0.39, 0.29) is 23.1 Å². The molecule has 12 heteroatoms. The Hall–Kier alpha value is -3.41. The molecular weight excluding hydrogens is 450 g/mol. The molecule has 2 heterocycles. The first-order chi connectivity index (χ1) is 15.4. The third kappa shape index (κ3) is 7.90. The summed E-state index contributed by atoms with van der Waals surface area (Å²) in [6.45, 7) is 13.5. The van der Waals surface area contributed by atoms with Crippen LogP contribution in [0.3, 0.4) is 0 Å². The molecule has 0 saturated carbocycles. The summed E-state index contributed by atoms with van der Waals surface area (Å²) in [6, 6.07) is -0.110. The average molecular weight is 480 g/mol. The van der Waals surface area contributed by atoms with Crippen LogP contribution in [0.5, 0.6) is 0 Å². The molecule has 0 radical (unpaired) electrons. The summed E-state index contributed by atoms with van der Waals surface area (Å²) in [7, 11) is 1.15. The van der Waals surface area contributed by atoms with Crippen LogP contribution < -0.4 is 20.9 Å². The van der Waals surface area contributed by atoms with E-state index in [2.05, 4.69) is 38.8 Å². The Bertz CT molecular complexity index is 951. The van der Waals surface area contributed by atoms with Gasteiger partial charge in [0, 0.05) is 24.5 Å². The molecule has 180 valence electrons. The predicted molar refractivity (Wildman–Crippen MR) is 123 cm³/mol. The molecule has 33 heavy (non-hydrogen) atoms. The van der Waals surface area contributed by atoms with Gasteiger partial charge in [0.25, 0.3) is 11.8 Å². The van der Waals surface area contributed by atoms with Crippen molar-refractivity contribution in [1.82, 2.24) is 20.9 Å². The minimum atomic E-state index is -0.812. The number of thiazole rings is 1. The highest BCUT2D eigenvalue weighted by Gasteiger charge is 2.26. The van der Waals surface area contributed by atoms with Crippen LogP contribution in [0, 0.1) is 0 Å². The second kappa shape index (κ2) is 10.9. The van der Waals surface area contributed by atoms with Crippen molar-refractivity contribution in [3.05, 3.63) is 35.6 Å². The molecule has 3 amide bonds. The molecule has 1 saturated heterocycles. The van der Waals surface area contributed by atoms with E-state index in [1.54, 1.807) is 26.2 Å². The Balaban J connectivity index is 1.92. The number of hydrogen-bond acceptors (Lipinski definition) is 9. The fourth-order valence-corrected chi connectivity index (χ4v) is 3.74. The third-order valence-corrected chi connectivity index (χ3v) is 5.27. The predicted octanol–water partition coefficient (Wildman–Crippen LogP) is 1.68. The smallest absolute Gasteiger partial charge is 0.407 e. The second-order valence-electron chi connectivity index (χ2n) is 8.30. The van der Waals surface area contributed by atoms with Crippen molar-refractivity contribution in [3.63, 3.8) is 0 Å². The molecule has 3 N–H and O–H groups in total. The van der Waals surface area contributed by atoms with Crippen LogP contribution in [0.4, 0.5) is 9.93 Å². The molecule has 0 aromatic carbocycles. The van der Waals surface area contributed by atoms with Gasteiger partial charge in [-0.3, -0.25) is 9.59 Å². The number of piperidine rings is 1. The van der Waals surface area contributed by atoms with Gasteiger partial charge in [0.05, 0.1) is 12.8 Å². The molecular formula is C21H29N5O6S. The Kier molecular flexibility index (Phi) is 8.57. The first kappa shape index (κ1) is 25.8. The highest BCUT2D eigenvalue weighted by atomic mass is 32.1. The van der Waals surface area contributed by atoms with Crippen molar-refractivity contribution in [3.8, 4) is 0 Å². The number of nitrogens with zero attached hydrogens (tertiary/aromatic N) is 2. The number of nitrogens with one attached hydrogen (secondary N) is 3. The molecule has 0 aliphatic carbocycles. The number of anilines is 1. The highest BCUT2D eigenvalue weighted by Crippen LogP contribution is 2.24. The lowest BCUT2D eigenvalue weighted by Gasteiger charge is -2.33. The summed E-state index contributed by atoms with van der Waals surface area (Å²) in [5.74, 6) is -2.24. The first-order valence-corrected chi connectivity index (χ1v) is 11.1. The highest BCUT2D eigenvalue weighted by molar-refractivity contribution is 7.13. The normalized spacial score (nSPS) is 15.8. The number of ether oxygens (including phenoxy) is 2. The quantitative estimate of drug-likeness (QED) is 0.397. The maximum atomic E-state index is 12.5. The lowest BCUT2D eigenvalue weighted by Crippen LogP contribution is -2.49. The van der Waals surface area contributed by atoms with E-state index in [1.807, 2.05) is 4.90 Å². The van der Waals surface area contributed by atoms with Crippen LogP contribution in [-0.4, -0.2) is 60.7 Å².